The van der Waals surface area contributed by atoms with Crippen molar-refractivity contribution in [2.24, 2.45) is 5.41 Å². The van der Waals surface area contributed by atoms with Crippen LogP contribution in [0.1, 0.15) is 12.8 Å². The van der Waals surface area contributed by atoms with Crippen LogP contribution < -0.4 is 10.6 Å². The topological polar surface area (TPSA) is 71.1 Å². The lowest BCUT2D eigenvalue weighted by Gasteiger charge is -2.16. The maximum atomic E-state index is 12.8. The van der Waals surface area contributed by atoms with Crippen molar-refractivity contribution in [1.82, 2.24) is 4.98 Å². The van der Waals surface area contributed by atoms with Gasteiger partial charge in [0.1, 0.15) is 5.41 Å². The molecule has 0 aliphatic heterocycles. The van der Waals surface area contributed by atoms with E-state index in [2.05, 4.69) is 15.6 Å². The van der Waals surface area contributed by atoms with Crippen molar-refractivity contribution in [2.45, 2.75) is 12.8 Å². The number of hydrogen-bond acceptors (Lipinski definition) is 3. The van der Waals surface area contributed by atoms with E-state index in [0.717, 1.165) is 5.39 Å². The number of amides is 2. The first-order valence-corrected chi connectivity index (χ1v) is 8.69. The van der Waals surface area contributed by atoms with Crippen LogP contribution in [0.15, 0.2) is 60.8 Å². The summed E-state index contributed by atoms with van der Waals surface area (Å²) in [5, 5.41) is 7.01. The third-order valence-corrected chi connectivity index (χ3v) is 4.95. The van der Waals surface area contributed by atoms with Crippen LogP contribution >= 0.6 is 11.6 Å². The molecule has 0 saturated heterocycles. The fourth-order valence-corrected chi connectivity index (χ4v) is 3.12. The van der Waals surface area contributed by atoms with Crippen molar-refractivity contribution in [3.05, 3.63) is 65.8 Å². The van der Waals surface area contributed by atoms with Crippen molar-refractivity contribution in [2.75, 3.05) is 10.6 Å². The van der Waals surface area contributed by atoms with Crippen molar-refractivity contribution >= 4 is 45.7 Å². The number of nitrogens with zero attached hydrogens (tertiary/aromatic N) is 1. The number of anilines is 2. The first-order valence-electron chi connectivity index (χ1n) is 8.31. The molecule has 1 aromatic heterocycles. The van der Waals surface area contributed by atoms with Crippen LogP contribution in [0.25, 0.3) is 10.9 Å². The van der Waals surface area contributed by atoms with Gasteiger partial charge >= 0.3 is 0 Å². The maximum Gasteiger partial charge on any atom is 0.240 e. The number of carbonyl (C=O) groups excluding carboxylic acids is 2. The van der Waals surface area contributed by atoms with Crippen LogP contribution in [0, 0.1) is 5.41 Å². The molecule has 1 fully saturated rings. The van der Waals surface area contributed by atoms with Gasteiger partial charge in [0.25, 0.3) is 0 Å². The lowest BCUT2D eigenvalue weighted by atomic mass is 10.0. The maximum absolute atomic E-state index is 12.8. The van der Waals surface area contributed by atoms with Crippen LogP contribution in [0.5, 0.6) is 0 Å². The molecular formula is C20H16ClN3O2. The van der Waals surface area contributed by atoms with E-state index in [9.17, 15) is 9.59 Å². The van der Waals surface area contributed by atoms with Gasteiger partial charge < -0.3 is 10.6 Å². The Balaban J connectivity index is 1.56. The Morgan fingerprint density at radius 2 is 1.54 bits per heavy atom. The van der Waals surface area contributed by atoms with Crippen LogP contribution in [0.3, 0.4) is 0 Å². The summed E-state index contributed by atoms with van der Waals surface area (Å²) in [5.74, 6) is -0.656. The number of hydrogen-bond donors (Lipinski definition) is 2. The third kappa shape index (κ3) is 2.91. The zero-order valence-corrected chi connectivity index (χ0v) is 14.6. The number of nitrogens with one attached hydrogen (secondary N) is 2. The molecule has 1 saturated carbocycles. The minimum absolute atomic E-state index is 0.319. The molecule has 4 rings (SSSR count). The molecule has 26 heavy (non-hydrogen) atoms. The molecule has 0 radical (unpaired) electrons. The molecule has 1 heterocycles. The number of halogens is 1. The number of para-hydroxylation sites is 2. The Kier molecular flexibility index (Phi) is 4.09. The highest BCUT2D eigenvalue weighted by Gasteiger charge is 2.56. The SMILES string of the molecule is O=C(Nc1ccccc1Cl)C1(C(=O)Nc2cccc3cccnc23)CC1. The van der Waals surface area contributed by atoms with E-state index in [-0.39, 0.29) is 11.8 Å². The number of pyridine rings is 1. The minimum Gasteiger partial charge on any atom is -0.324 e. The Labute approximate surface area is 155 Å². The molecule has 2 N–H and O–H groups in total. The van der Waals surface area contributed by atoms with Gasteiger partial charge in [-0.3, -0.25) is 14.6 Å². The monoisotopic (exact) mass is 365 g/mol. The molecule has 2 aromatic carbocycles. The molecular weight excluding hydrogens is 350 g/mol. The minimum atomic E-state index is -1.06. The van der Waals surface area contributed by atoms with Gasteiger partial charge in [0, 0.05) is 11.6 Å². The van der Waals surface area contributed by atoms with Crippen molar-refractivity contribution < 1.29 is 9.59 Å². The highest BCUT2D eigenvalue weighted by atomic mass is 35.5. The van der Waals surface area contributed by atoms with E-state index in [1.54, 1.807) is 36.5 Å². The van der Waals surface area contributed by atoms with Crippen LogP contribution in [-0.2, 0) is 9.59 Å². The molecule has 0 atom stereocenters. The first kappa shape index (κ1) is 16.5. The van der Waals surface area contributed by atoms with Gasteiger partial charge in [-0.2, -0.15) is 0 Å². The number of rotatable bonds is 4. The summed E-state index contributed by atoms with van der Waals surface area (Å²) in [6.07, 6.45) is 2.69. The molecule has 2 amide bonds. The summed E-state index contributed by atoms with van der Waals surface area (Å²) >= 11 is 6.09. The number of carbonyl (C=O) groups is 2. The van der Waals surface area contributed by atoms with Crippen molar-refractivity contribution in [1.29, 1.82) is 0 Å². The number of benzene rings is 2. The van der Waals surface area contributed by atoms with Crippen LogP contribution in [0.4, 0.5) is 11.4 Å². The highest BCUT2D eigenvalue weighted by molar-refractivity contribution is 6.34. The summed E-state index contributed by atoms with van der Waals surface area (Å²) < 4.78 is 0. The van der Waals surface area contributed by atoms with Crippen molar-refractivity contribution in [3.63, 3.8) is 0 Å². The second kappa shape index (κ2) is 6.42. The molecule has 3 aromatic rings. The Morgan fingerprint density at radius 1 is 0.885 bits per heavy atom. The molecule has 0 unspecified atom stereocenters. The molecule has 1 aliphatic rings. The standard InChI is InChI=1S/C20H16ClN3O2/c21-14-7-1-2-8-15(14)23-18(25)20(10-11-20)19(26)24-16-9-3-5-13-6-4-12-22-17(13)16/h1-9,12H,10-11H2,(H,23,25)(H,24,26). The van der Waals surface area contributed by atoms with E-state index in [4.69, 9.17) is 11.6 Å². The molecule has 0 spiro atoms. The Morgan fingerprint density at radius 3 is 2.27 bits per heavy atom. The predicted octanol–water partition coefficient (Wildman–Crippen LogP) is 4.25. The lowest BCUT2D eigenvalue weighted by molar-refractivity contribution is -0.131. The molecule has 0 bridgehead atoms. The summed E-state index contributed by atoms with van der Waals surface area (Å²) in [4.78, 5) is 29.9. The zero-order chi connectivity index (χ0) is 18.1. The van der Waals surface area contributed by atoms with Crippen LogP contribution in [0.2, 0.25) is 5.02 Å². The largest absolute Gasteiger partial charge is 0.324 e. The average molecular weight is 366 g/mol. The first-order chi connectivity index (χ1) is 12.6. The molecule has 6 heteroatoms. The zero-order valence-electron chi connectivity index (χ0n) is 13.8. The van der Waals surface area contributed by atoms with Gasteiger partial charge in [-0.05, 0) is 37.1 Å². The van der Waals surface area contributed by atoms with E-state index in [1.165, 1.54) is 0 Å². The number of aromatic nitrogens is 1. The van der Waals surface area contributed by atoms with Gasteiger partial charge in [0.2, 0.25) is 11.8 Å². The number of fused-ring (bicyclic) bond motifs is 1. The quantitative estimate of drug-likeness (QED) is 0.679. The highest BCUT2D eigenvalue weighted by Crippen LogP contribution is 2.48. The van der Waals surface area contributed by atoms with E-state index < -0.39 is 5.41 Å². The molecule has 5 nitrogen and oxygen atoms in total. The summed E-state index contributed by atoms with van der Waals surface area (Å²) in [7, 11) is 0. The van der Waals surface area contributed by atoms with E-state index >= 15 is 0 Å². The normalized spacial score (nSPS) is 14.7. The Hall–Kier alpha value is -2.92. The molecule has 130 valence electrons. The molecule has 1 aliphatic carbocycles. The Bertz CT molecular complexity index is 1010. The van der Waals surface area contributed by atoms with Gasteiger partial charge in [0.15, 0.2) is 0 Å². The van der Waals surface area contributed by atoms with Gasteiger partial charge in [-0.15, -0.1) is 0 Å². The summed E-state index contributed by atoms with van der Waals surface area (Å²) in [6, 6.07) is 16.3. The van der Waals surface area contributed by atoms with Crippen LogP contribution in [-0.4, -0.2) is 16.8 Å². The lowest BCUT2D eigenvalue weighted by Crippen LogP contribution is -2.35. The average Bonchev–Trinajstić information content (AvgIpc) is 3.46. The third-order valence-electron chi connectivity index (χ3n) is 4.62. The predicted molar refractivity (Wildman–Crippen MR) is 102 cm³/mol. The second-order valence-electron chi connectivity index (χ2n) is 6.35. The summed E-state index contributed by atoms with van der Waals surface area (Å²) in [5.41, 5.74) is 0.747. The fraction of sp³-hybridized carbons (Fsp3) is 0.150. The van der Waals surface area contributed by atoms with E-state index in [1.807, 2.05) is 24.3 Å². The van der Waals surface area contributed by atoms with Gasteiger partial charge in [-0.1, -0.05) is 41.9 Å². The fourth-order valence-electron chi connectivity index (χ4n) is 2.93. The van der Waals surface area contributed by atoms with Crippen molar-refractivity contribution in [3.8, 4) is 0 Å². The smallest absolute Gasteiger partial charge is 0.240 e. The van der Waals surface area contributed by atoms with Gasteiger partial charge in [0.05, 0.1) is 21.9 Å². The van der Waals surface area contributed by atoms with Gasteiger partial charge in [-0.25, -0.2) is 0 Å². The second-order valence-corrected chi connectivity index (χ2v) is 6.76. The summed E-state index contributed by atoms with van der Waals surface area (Å²) in [6.45, 7) is 0. The van der Waals surface area contributed by atoms with E-state index in [0.29, 0.717) is 34.8 Å².